The van der Waals surface area contributed by atoms with Gasteiger partial charge < -0.3 is 5.32 Å². The second-order valence-corrected chi connectivity index (χ2v) is 8.13. The van der Waals surface area contributed by atoms with E-state index in [1.54, 1.807) is 11.3 Å². The molecule has 4 aliphatic carbocycles. The highest BCUT2D eigenvalue weighted by Gasteiger charge is 2.48. The summed E-state index contributed by atoms with van der Waals surface area (Å²) in [5, 5.41) is 3.36. The van der Waals surface area contributed by atoms with Gasteiger partial charge in [-0.25, -0.2) is 0 Å². The fraction of sp³-hybridized carbons (Fsp3) is 0.688. The average molecular weight is 275 g/mol. The molecule has 4 fully saturated rings. The smallest absolute Gasteiger partial charge is 0.261 e. The molecule has 0 atom stereocenters. The van der Waals surface area contributed by atoms with Gasteiger partial charge >= 0.3 is 0 Å². The number of hydrogen-bond donors (Lipinski definition) is 1. The summed E-state index contributed by atoms with van der Waals surface area (Å²) in [5.41, 5.74) is 0. The lowest BCUT2D eigenvalue weighted by Crippen LogP contribution is -2.55. The SMILES string of the molecule is Cc1ccc(C(=O)NC2C3CC4CC(C3)CC2C4)s1. The fourth-order valence-corrected chi connectivity index (χ4v) is 5.71. The van der Waals surface area contributed by atoms with Crippen LogP contribution in [-0.2, 0) is 0 Å². The summed E-state index contributed by atoms with van der Waals surface area (Å²) >= 11 is 1.61. The highest BCUT2D eigenvalue weighted by Crippen LogP contribution is 2.53. The molecule has 2 nitrogen and oxygen atoms in total. The fourth-order valence-electron chi connectivity index (χ4n) is 4.94. The van der Waals surface area contributed by atoms with E-state index in [2.05, 4.69) is 12.2 Å². The molecular weight excluding hydrogens is 254 g/mol. The van der Waals surface area contributed by atoms with Crippen LogP contribution in [0, 0.1) is 30.6 Å². The van der Waals surface area contributed by atoms with Gasteiger partial charge in [0.1, 0.15) is 0 Å². The third-order valence-corrected chi connectivity index (χ3v) is 6.49. The van der Waals surface area contributed by atoms with E-state index in [0.717, 1.165) is 28.5 Å². The van der Waals surface area contributed by atoms with E-state index in [-0.39, 0.29) is 5.91 Å². The first-order valence-electron chi connectivity index (χ1n) is 7.56. The van der Waals surface area contributed by atoms with Gasteiger partial charge in [0.05, 0.1) is 4.88 Å². The van der Waals surface area contributed by atoms with Gasteiger partial charge in [0.2, 0.25) is 0 Å². The molecule has 4 aliphatic rings. The highest BCUT2D eigenvalue weighted by molar-refractivity contribution is 7.13. The van der Waals surface area contributed by atoms with E-state index in [9.17, 15) is 4.79 Å². The third-order valence-electron chi connectivity index (χ3n) is 5.49. The summed E-state index contributed by atoms with van der Waals surface area (Å²) in [6, 6.07) is 4.46. The van der Waals surface area contributed by atoms with Crippen LogP contribution in [-0.4, -0.2) is 11.9 Å². The lowest BCUT2D eigenvalue weighted by atomic mass is 9.54. The van der Waals surface area contributed by atoms with Crippen molar-refractivity contribution in [3.05, 3.63) is 21.9 Å². The van der Waals surface area contributed by atoms with Crippen LogP contribution in [0.3, 0.4) is 0 Å². The molecule has 1 aromatic heterocycles. The first kappa shape index (κ1) is 12.0. The lowest BCUT2D eigenvalue weighted by molar-refractivity contribution is -0.0119. The minimum absolute atomic E-state index is 0.163. The van der Waals surface area contributed by atoms with Crippen molar-refractivity contribution in [3.8, 4) is 0 Å². The lowest BCUT2D eigenvalue weighted by Gasteiger charge is -2.54. The van der Waals surface area contributed by atoms with Crippen molar-refractivity contribution >= 4 is 17.2 Å². The van der Waals surface area contributed by atoms with Crippen molar-refractivity contribution in [2.45, 2.75) is 45.1 Å². The molecule has 0 aliphatic heterocycles. The molecule has 0 unspecified atom stereocenters. The van der Waals surface area contributed by atoms with Crippen LogP contribution in [0.1, 0.15) is 46.7 Å². The molecule has 3 heteroatoms. The van der Waals surface area contributed by atoms with Gasteiger partial charge in [0.15, 0.2) is 0 Å². The maximum absolute atomic E-state index is 12.3. The number of thiophene rings is 1. The zero-order valence-corrected chi connectivity index (χ0v) is 12.2. The molecule has 1 heterocycles. The summed E-state index contributed by atoms with van der Waals surface area (Å²) in [7, 11) is 0. The van der Waals surface area contributed by atoms with E-state index >= 15 is 0 Å². The molecular formula is C16H21NOS. The first-order chi connectivity index (χ1) is 9.19. The number of amides is 1. The van der Waals surface area contributed by atoms with E-state index in [1.807, 2.05) is 12.1 Å². The van der Waals surface area contributed by atoms with Crippen LogP contribution >= 0.6 is 11.3 Å². The standard InChI is InChI=1S/C16H21NOS/c1-9-2-3-14(19-9)16(18)17-15-12-5-10-4-11(7-12)8-13(15)6-10/h2-3,10-13,15H,4-8H2,1H3,(H,17,18). The van der Waals surface area contributed by atoms with Crippen LogP contribution in [0.25, 0.3) is 0 Å². The first-order valence-corrected chi connectivity index (χ1v) is 8.38. The van der Waals surface area contributed by atoms with Crippen molar-refractivity contribution in [1.82, 2.24) is 5.32 Å². The highest BCUT2D eigenvalue weighted by atomic mass is 32.1. The quantitative estimate of drug-likeness (QED) is 0.877. The molecule has 1 N–H and O–H groups in total. The Labute approximate surface area is 118 Å². The zero-order valence-electron chi connectivity index (χ0n) is 11.4. The van der Waals surface area contributed by atoms with Crippen molar-refractivity contribution in [1.29, 1.82) is 0 Å². The summed E-state index contributed by atoms with van der Waals surface area (Å²) in [6.45, 7) is 2.06. The Morgan fingerprint density at radius 3 is 2.26 bits per heavy atom. The molecule has 0 aromatic carbocycles. The molecule has 1 amide bonds. The minimum atomic E-state index is 0.163. The second-order valence-electron chi connectivity index (χ2n) is 6.84. The minimum Gasteiger partial charge on any atom is -0.348 e. The van der Waals surface area contributed by atoms with Crippen molar-refractivity contribution in [2.75, 3.05) is 0 Å². The number of aryl methyl sites for hydroxylation is 1. The Hall–Kier alpha value is -0.830. The van der Waals surface area contributed by atoms with Crippen LogP contribution in [0.4, 0.5) is 0 Å². The van der Waals surface area contributed by atoms with Crippen LogP contribution in [0.5, 0.6) is 0 Å². The molecule has 0 radical (unpaired) electrons. The van der Waals surface area contributed by atoms with E-state index in [0.29, 0.717) is 6.04 Å². The summed E-state index contributed by atoms with van der Waals surface area (Å²) in [6.07, 6.45) is 6.92. The van der Waals surface area contributed by atoms with Gasteiger partial charge in [-0.1, -0.05) is 0 Å². The number of carbonyl (C=O) groups excluding carboxylic acids is 1. The summed E-state index contributed by atoms with van der Waals surface area (Å²) in [4.78, 5) is 14.4. The molecule has 4 bridgehead atoms. The van der Waals surface area contributed by atoms with E-state index < -0.39 is 0 Å². The molecule has 102 valence electrons. The molecule has 1 aromatic rings. The number of carbonyl (C=O) groups is 1. The second kappa shape index (κ2) is 4.34. The maximum Gasteiger partial charge on any atom is 0.261 e. The Kier molecular flexibility index (Phi) is 2.73. The third kappa shape index (κ3) is 2.03. The molecule has 4 saturated carbocycles. The van der Waals surface area contributed by atoms with E-state index in [1.165, 1.54) is 37.0 Å². The number of rotatable bonds is 2. The maximum atomic E-state index is 12.3. The monoisotopic (exact) mass is 275 g/mol. The van der Waals surface area contributed by atoms with Gasteiger partial charge in [0.25, 0.3) is 5.91 Å². The van der Waals surface area contributed by atoms with E-state index in [4.69, 9.17) is 0 Å². The Morgan fingerprint density at radius 1 is 1.11 bits per heavy atom. The average Bonchev–Trinajstić information content (AvgIpc) is 2.79. The molecule has 0 spiro atoms. The topological polar surface area (TPSA) is 29.1 Å². The predicted molar refractivity (Wildman–Crippen MR) is 77.4 cm³/mol. The van der Waals surface area contributed by atoms with Crippen molar-refractivity contribution in [3.63, 3.8) is 0 Å². The summed E-state index contributed by atoms with van der Waals surface area (Å²) in [5.74, 6) is 3.64. The van der Waals surface area contributed by atoms with Gasteiger partial charge in [-0.05, 0) is 74.8 Å². The van der Waals surface area contributed by atoms with Gasteiger partial charge in [-0.15, -0.1) is 11.3 Å². The van der Waals surface area contributed by atoms with Gasteiger partial charge in [-0.2, -0.15) is 0 Å². The largest absolute Gasteiger partial charge is 0.348 e. The number of hydrogen-bond acceptors (Lipinski definition) is 2. The van der Waals surface area contributed by atoms with Crippen LogP contribution < -0.4 is 5.32 Å². The molecule has 0 saturated heterocycles. The molecule has 5 rings (SSSR count). The number of nitrogens with one attached hydrogen (secondary N) is 1. The van der Waals surface area contributed by atoms with Crippen LogP contribution in [0.15, 0.2) is 12.1 Å². The van der Waals surface area contributed by atoms with Gasteiger partial charge in [-0.3, -0.25) is 4.79 Å². The Morgan fingerprint density at radius 2 is 1.74 bits per heavy atom. The predicted octanol–water partition coefficient (Wildman–Crippen LogP) is 3.61. The zero-order chi connectivity index (χ0) is 13.0. The van der Waals surface area contributed by atoms with Crippen molar-refractivity contribution in [2.24, 2.45) is 23.7 Å². The van der Waals surface area contributed by atoms with Crippen molar-refractivity contribution < 1.29 is 4.79 Å². The molecule has 19 heavy (non-hydrogen) atoms. The Bertz CT molecular complexity index is 479. The normalized spacial score (nSPS) is 39.5. The van der Waals surface area contributed by atoms with Gasteiger partial charge in [0, 0.05) is 10.9 Å². The Balaban J connectivity index is 1.49. The summed E-state index contributed by atoms with van der Waals surface area (Å²) < 4.78 is 0. The van der Waals surface area contributed by atoms with Crippen LogP contribution in [0.2, 0.25) is 0 Å².